The van der Waals surface area contributed by atoms with Crippen LogP contribution in [0.3, 0.4) is 0 Å². The molecule has 1 unspecified atom stereocenters. The van der Waals surface area contributed by atoms with Gasteiger partial charge in [-0.15, -0.1) is 0 Å². The molecule has 0 saturated carbocycles. The second-order valence-corrected chi connectivity index (χ2v) is 5.95. The largest absolute Gasteiger partial charge is 0.481 e. The van der Waals surface area contributed by atoms with Crippen molar-refractivity contribution >= 4 is 11.9 Å². The molecular weight excluding hydrogens is 258 g/mol. The number of carbonyl (C=O) groups excluding carboxylic acids is 1. The highest BCUT2D eigenvalue weighted by Gasteiger charge is 2.21. The van der Waals surface area contributed by atoms with Crippen LogP contribution in [0.25, 0.3) is 0 Å². The van der Waals surface area contributed by atoms with E-state index in [4.69, 9.17) is 5.11 Å². The molecule has 1 aromatic rings. The number of amides is 1. The van der Waals surface area contributed by atoms with Gasteiger partial charge in [0, 0.05) is 17.7 Å². The number of aromatic nitrogens is 2. The first-order valence-corrected chi connectivity index (χ1v) is 6.82. The minimum Gasteiger partial charge on any atom is -0.481 e. The van der Waals surface area contributed by atoms with Crippen LogP contribution < -0.4 is 5.32 Å². The van der Waals surface area contributed by atoms with E-state index >= 15 is 0 Å². The zero-order valence-electron chi connectivity index (χ0n) is 12.5. The first kappa shape index (κ1) is 16.2. The Kier molecular flexibility index (Phi) is 5.30. The molecule has 20 heavy (non-hydrogen) atoms. The second kappa shape index (κ2) is 6.54. The Hall–Kier alpha value is -1.85. The summed E-state index contributed by atoms with van der Waals surface area (Å²) < 4.78 is 0. The third-order valence-electron chi connectivity index (χ3n) is 3.11. The van der Waals surface area contributed by atoms with E-state index in [9.17, 15) is 9.59 Å². The molecule has 0 spiro atoms. The third-order valence-corrected chi connectivity index (χ3v) is 3.11. The number of aromatic amines is 1. The van der Waals surface area contributed by atoms with E-state index in [1.54, 1.807) is 6.07 Å². The molecule has 0 aliphatic carbocycles. The molecule has 1 amide bonds. The molecule has 6 heteroatoms. The molecule has 0 bridgehead atoms. The number of rotatable bonds is 6. The maximum absolute atomic E-state index is 11.9. The van der Waals surface area contributed by atoms with Crippen LogP contribution in [0.1, 0.15) is 56.7 Å². The van der Waals surface area contributed by atoms with Crippen LogP contribution in [0.2, 0.25) is 0 Å². The van der Waals surface area contributed by atoms with Crippen molar-refractivity contribution in [3.05, 3.63) is 17.5 Å². The van der Waals surface area contributed by atoms with Crippen molar-refractivity contribution in [2.75, 3.05) is 6.54 Å². The predicted molar refractivity (Wildman–Crippen MR) is 75.7 cm³/mol. The Labute approximate surface area is 119 Å². The van der Waals surface area contributed by atoms with Crippen molar-refractivity contribution in [2.24, 2.45) is 5.92 Å². The molecule has 6 nitrogen and oxygen atoms in total. The van der Waals surface area contributed by atoms with Crippen molar-refractivity contribution in [2.45, 2.75) is 46.0 Å². The molecule has 3 N–H and O–H groups in total. The number of nitrogens with zero attached hydrogens (tertiary/aromatic N) is 1. The molecule has 0 saturated heterocycles. The van der Waals surface area contributed by atoms with Gasteiger partial charge in [-0.3, -0.25) is 14.7 Å². The molecule has 1 aromatic heterocycles. The summed E-state index contributed by atoms with van der Waals surface area (Å²) >= 11 is 0. The van der Waals surface area contributed by atoms with Crippen molar-refractivity contribution in [3.63, 3.8) is 0 Å². The maximum Gasteiger partial charge on any atom is 0.308 e. The minimum atomic E-state index is -0.885. The maximum atomic E-state index is 11.9. The summed E-state index contributed by atoms with van der Waals surface area (Å²) in [6.07, 6.45) is 1.31. The van der Waals surface area contributed by atoms with Crippen LogP contribution in [0.5, 0.6) is 0 Å². The van der Waals surface area contributed by atoms with Crippen molar-refractivity contribution in [1.29, 1.82) is 0 Å². The monoisotopic (exact) mass is 281 g/mol. The molecule has 0 aromatic carbocycles. The number of carboxylic acids is 1. The Morgan fingerprint density at radius 2 is 2.10 bits per heavy atom. The van der Waals surface area contributed by atoms with Crippen molar-refractivity contribution in [3.8, 4) is 0 Å². The van der Waals surface area contributed by atoms with Gasteiger partial charge in [0.15, 0.2) is 0 Å². The van der Waals surface area contributed by atoms with E-state index in [1.165, 1.54) is 0 Å². The van der Waals surface area contributed by atoms with Gasteiger partial charge in [-0.25, -0.2) is 0 Å². The lowest BCUT2D eigenvalue weighted by atomic mass is 9.92. The van der Waals surface area contributed by atoms with Crippen LogP contribution in [0.15, 0.2) is 6.07 Å². The number of H-pyrrole nitrogens is 1. The zero-order chi connectivity index (χ0) is 15.3. The molecule has 0 aliphatic rings. The summed E-state index contributed by atoms with van der Waals surface area (Å²) in [6, 6.07) is 1.70. The number of hydrogen-bond donors (Lipinski definition) is 3. The Balaban J connectivity index is 2.63. The van der Waals surface area contributed by atoms with Gasteiger partial charge in [0.25, 0.3) is 5.91 Å². The fourth-order valence-corrected chi connectivity index (χ4v) is 1.79. The van der Waals surface area contributed by atoms with E-state index in [0.29, 0.717) is 6.42 Å². The van der Waals surface area contributed by atoms with Gasteiger partial charge >= 0.3 is 5.97 Å². The van der Waals surface area contributed by atoms with Crippen molar-refractivity contribution < 1.29 is 14.7 Å². The second-order valence-electron chi connectivity index (χ2n) is 5.95. The summed E-state index contributed by atoms with van der Waals surface area (Å²) in [5.41, 5.74) is 1.04. The molecule has 1 atom stereocenters. The number of aliphatic carboxylic acids is 1. The lowest BCUT2D eigenvalue weighted by Crippen LogP contribution is -2.33. The van der Waals surface area contributed by atoms with E-state index < -0.39 is 11.9 Å². The molecule has 112 valence electrons. The first-order chi connectivity index (χ1) is 9.25. The average Bonchev–Trinajstić information content (AvgIpc) is 2.83. The summed E-state index contributed by atoms with van der Waals surface area (Å²) in [6.45, 7) is 8.10. The van der Waals surface area contributed by atoms with Gasteiger partial charge in [0.1, 0.15) is 5.69 Å². The smallest absolute Gasteiger partial charge is 0.308 e. The fourth-order valence-electron chi connectivity index (χ4n) is 1.79. The third kappa shape index (κ3) is 4.36. The van der Waals surface area contributed by atoms with Gasteiger partial charge in [-0.05, 0) is 12.5 Å². The topological polar surface area (TPSA) is 95.1 Å². The standard InChI is InChI=1S/C14H23N3O3/c1-5-6-9(13(19)20)8-15-12(18)10-7-11(17-16-10)14(2,3)4/h7,9H,5-6,8H2,1-4H3,(H,15,18)(H,16,17)(H,19,20). The van der Waals surface area contributed by atoms with Gasteiger partial charge < -0.3 is 10.4 Å². The van der Waals surface area contributed by atoms with Gasteiger partial charge in [0.05, 0.1) is 5.92 Å². The summed E-state index contributed by atoms with van der Waals surface area (Å²) in [5, 5.41) is 18.5. The van der Waals surface area contributed by atoms with Crippen LogP contribution in [-0.2, 0) is 10.2 Å². The summed E-state index contributed by atoms with van der Waals surface area (Å²) in [5.74, 6) is -1.78. The number of hydrogen-bond acceptors (Lipinski definition) is 3. The lowest BCUT2D eigenvalue weighted by Gasteiger charge is -2.14. The number of nitrogens with one attached hydrogen (secondary N) is 2. The Bertz CT molecular complexity index is 474. The SMILES string of the molecule is CCCC(CNC(=O)c1cc(C(C)(C)C)[nH]n1)C(=O)O. The average molecular weight is 281 g/mol. The van der Waals surface area contributed by atoms with Gasteiger partial charge in [-0.1, -0.05) is 34.1 Å². The zero-order valence-corrected chi connectivity index (χ0v) is 12.5. The summed E-state index contributed by atoms with van der Waals surface area (Å²) in [7, 11) is 0. The normalized spacial score (nSPS) is 13.0. The quantitative estimate of drug-likeness (QED) is 0.742. The molecule has 0 aliphatic heterocycles. The molecule has 1 rings (SSSR count). The van der Waals surface area contributed by atoms with Crippen LogP contribution >= 0.6 is 0 Å². The molecule has 0 fully saturated rings. The van der Waals surface area contributed by atoms with E-state index in [2.05, 4.69) is 15.5 Å². The van der Waals surface area contributed by atoms with Crippen molar-refractivity contribution in [1.82, 2.24) is 15.5 Å². The van der Waals surface area contributed by atoms with E-state index in [1.807, 2.05) is 27.7 Å². The number of carboxylic acid groups (broad SMARTS) is 1. The minimum absolute atomic E-state index is 0.114. The van der Waals surface area contributed by atoms with Gasteiger partial charge in [0.2, 0.25) is 0 Å². The van der Waals surface area contributed by atoms with Gasteiger partial charge in [-0.2, -0.15) is 5.10 Å². The Morgan fingerprint density at radius 1 is 1.45 bits per heavy atom. The number of carbonyl (C=O) groups is 2. The molecular formula is C14H23N3O3. The van der Waals surface area contributed by atoms with Crippen LogP contribution in [0, 0.1) is 5.92 Å². The predicted octanol–water partition coefficient (Wildman–Crippen LogP) is 1.94. The van der Waals surface area contributed by atoms with E-state index in [0.717, 1.165) is 12.1 Å². The highest BCUT2D eigenvalue weighted by atomic mass is 16.4. The lowest BCUT2D eigenvalue weighted by molar-refractivity contribution is -0.141. The van der Waals surface area contributed by atoms with Crippen LogP contribution in [0.4, 0.5) is 0 Å². The Morgan fingerprint density at radius 3 is 2.55 bits per heavy atom. The molecule has 0 radical (unpaired) electrons. The van der Waals surface area contributed by atoms with E-state index in [-0.39, 0.29) is 23.6 Å². The fraction of sp³-hybridized carbons (Fsp3) is 0.643. The first-order valence-electron chi connectivity index (χ1n) is 6.82. The van der Waals surface area contributed by atoms with Crippen LogP contribution in [-0.4, -0.2) is 33.7 Å². The highest BCUT2D eigenvalue weighted by Crippen LogP contribution is 2.20. The highest BCUT2D eigenvalue weighted by molar-refractivity contribution is 5.92. The molecule has 1 heterocycles. The summed E-state index contributed by atoms with van der Waals surface area (Å²) in [4.78, 5) is 22.9.